The SMILES string of the molecule is COc1cccc(/C=C2\SC(=O)N(CC(=O)N3CCOCC3)C2=O)c1OCc1ccc(Cl)cc1Cl. The molecule has 35 heavy (non-hydrogen) atoms. The summed E-state index contributed by atoms with van der Waals surface area (Å²) in [5.41, 5.74) is 1.26. The summed E-state index contributed by atoms with van der Waals surface area (Å²) in [5.74, 6) is 0.0148. The second kappa shape index (κ2) is 11.3. The zero-order chi connectivity index (χ0) is 24.9. The predicted octanol–water partition coefficient (Wildman–Crippen LogP) is 4.48. The van der Waals surface area contributed by atoms with Gasteiger partial charge >= 0.3 is 0 Å². The van der Waals surface area contributed by atoms with E-state index < -0.39 is 11.1 Å². The molecule has 0 radical (unpaired) electrons. The summed E-state index contributed by atoms with van der Waals surface area (Å²) in [6, 6.07) is 10.3. The molecule has 3 amide bonds. The molecule has 2 aliphatic heterocycles. The molecule has 184 valence electrons. The lowest BCUT2D eigenvalue weighted by Gasteiger charge is -2.28. The normalized spacial score (nSPS) is 17.3. The maximum Gasteiger partial charge on any atom is 0.294 e. The van der Waals surface area contributed by atoms with Crippen LogP contribution >= 0.6 is 35.0 Å². The summed E-state index contributed by atoms with van der Waals surface area (Å²) in [5, 5.41) is 0.473. The maximum atomic E-state index is 13.0. The van der Waals surface area contributed by atoms with E-state index in [1.807, 2.05) is 0 Å². The Morgan fingerprint density at radius 2 is 1.94 bits per heavy atom. The third-order valence-corrected chi connectivity index (χ3v) is 6.93. The summed E-state index contributed by atoms with van der Waals surface area (Å²) in [6.45, 7) is 1.58. The van der Waals surface area contributed by atoms with Gasteiger partial charge in [-0.15, -0.1) is 0 Å². The fourth-order valence-corrected chi connectivity index (χ4v) is 4.87. The van der Waals surface area contributed by atoms with Gasteiger partial charge in [-0.1, -0.05) is 41.4 Å². The van der Waals surface area contributed by atoms with Crippen molar-refractivity contribution in [3.63, 3.8) is 0 Å². The van der Waals surface area contributed by atoms with Gasteiger partial charge < -0.3 is 19.1 Å². The Balaban J connectivity index is 1.54. The van der Waals surface area contributed by atoms with Crippen molar-refractivity contribution in [1.29, 1.82) is 0 Å². The van der Waals surface area contributed by atoms with Crippen molar-refractivity contribution in [1.82, 2.24) is 9.80 Å². The third-order valence-electron chi connectivity index (χ3n) is 5.43. The smallest absolute Gasteiger partial charge is 0.294 e. The number of hydrogen-bond donors (Lipinski definition) is 0. The van der Waals surface area contributed by atoms with Gasteiger partial charge in [0, 0.05) is 34.3 Å². The lowest BCUT2D eigenvalue weighted by molar-refractivity contribution is -0.139. The fourth-order valence-electron chi connectivity index (χ4n) is 3.58. The number of carbonyl (C=O) groups excluding carboxylic acids is 3. The highest BCUT2D eigenvalue weighted by Gasteiger charge is 2.37. The van der Waals surface area contributed by atoms with Gasteiger partial charge in [-0.25, -0.2) is 0 Å². The van der Waals surface area contributed by atoms with Crippen LogP contribution in [-0.2, 0) is 20.9 Å². The van der Waals surface area contributed by atoms with Crippen LogP contribution in [0.1, 0.15) is 11.1 Å². The maximum absolute atomic E-state index is 13.0. The van der Waals surface area contributed by atoms with Gasteiger partial charge in [0.2, 0.25) is 5.91 Å². The number of carbonyl (C=O) groups is 3. The Bertz CT molecular complexity index is 1180. The summed E-state index contributed by atoms with van der Waals surface area (Å²) in [4.78, 5) is 40.8. The molecular weight excluding hydrogens is 515 g/mol. The van der Waals surface area contributed by atoms with E-state index in [1.54, 1.807) is 47.4 Å². The molecule has 11 heteroatoms. The number of thioether (sulfide) groups is 1. The van der Waals surface area contributed by atoms with Crippen molar-refractivity contribution in [3.8, 4) is 11.5 Å². The van der Waals surface area contributed by atoms with Crippen LogP contribution in [0.4, 0.5) is 4.79 Å². The van der Waals surface area contributed by atoms with Gasteiger partial charge in [0.15, 0.2) is 11.5 Å². The quantitative estimate of drug-likeness (QED) is 0.482. The largest absolute Gasteiger partial charge is 0.493 e. The first kappa shape index (κ1) is 25.4. The Kier molecular flexibility index (Phi) is 8.22. The standard InChI is InChI=1S/C24H22Cl2N2O6S/c1-32-19-4-2-3-15(22(19)34-14-16-5-6-17(25)12-18(16)26)11-20-23(30)28(24(31)35-20)13-21(29)27-7-9-33-10-8-27/h2-6,11-12H,7-10,13-14H2,1H3/b20-11-. The Hall–Kier alpha value is -2.72. The van der Waals surface area contributed by atoms with E-state index in [0.29, 0.717) is 53.4 Å². The molecule has 2 aromatic rings. The van der Waals surface area contributed by atoms with E-state index in [1.165, 1.54) is 7.11 Å². The molecule has 2 fully saturated rings. The Labute approximate surface area is 216 Å². The molecule has 0 N–H and O–H groups in total. The van der Waals surface area contributed by atoms with E-state index in [9.17, 15) is 14.4 Å². The molecule has 0 aromatic heterocycles. The predicted molar refractivity (Wildman–Crippen MR) is 134 cm³/mol. The van der Waals surface area contributed by atoms with Gasteiger partial charge in [-0.2, -0.15) is 0 Å². The van der Waals surface area contributed by atoms with E-state index in [4.69, 9.17) is 37.4 Å². The number of morpholine rings is 1. The number of para-hydroxylation sites is 1. The first-order valence-corrected chi connectivity index (χ1v) is 12.3. The average Bonchev–Trinajstić information content (AvgIpc) is 3.11. The number of halogens is 2. The van der Waals surface area contributed by atoms with Crippen LogP contribution in [-0.4, -0.2) is 66.8 Å². The molecular formula is C24H22Cl2N2O6S. The van der Waals surface area contributed by atoms with Crippen LogP contribution in [0.15, 0.2) is 41.3 Å². The average molecular weight is 537 g/mol. The zero-order valence-electron chi connectivity index (χ0n) is 18.8. The van der Waals surface area contributed by atoms with Gasteiger partial charge in [0.1, 0.15) is 13.2 Å². The van der Waals surface area contributed by atoms with Crippen molar-refractivity contribution in [3.05, 3.63) is 62.5 Å². The number of amides is 3. The number of ether oxygens (including phenoxy) is 3. The van der Waals surface area contributed by atoms with Crippen molar-refractivity contribution >= 4 is 58.1 Å². The van der Waals surface area contributed by atoms with Crippen LogP contribution < -0.4 is 9.47 Å². The van der Waals surface area contributed by atoms with Crippen LogP contribution in [0.5, 0.6) is 11.5 Å². The number of benzene rings is 2. The molecule has 2 heterocycles. The summed E-state index contributed by atoms with van der Waals surface area (Å²) >= 11 is 13.0. The summed E-state index contributed by atoms with van der Waals surface area (Å²) in [6.07, 6.45) is 1.56. The molecule has 8 nitrogen and oxygen atoms in total. The Morgan fingerprint density at radius 1 is 1.17 bits per heavy atom. The lowest BCUT2D eigenvalue weighted by Crippen LogP contribution is -2.46. The highest BCUT2D eigenvalue weighted by Crippen LogP contribution is 2.38. The number of rotatable bonds is 7. The molecule has 0 atom stereocenters. The molecule has 0 aliphatic carbocycles. The molecule has 2 aliphatic rings. The topological polar surface area (TPSA) is 85.4 Å². The van der Waals surface area contributed by atoms with E-state index in [2.05, 4.69) is 0 Å². The van der Waals surface area contributed by atoms with E-state index >= 15 is 0 Å². The van der Waals surface area contributed by atoms with Gasteiger partial charge in [-0.3, -0.25) is 19.3 Å². The molecule has 2 saturated heterocycles. The first-order valence-electron chi connectivity index (χ1n) is 10.7. The lowest BCUT2D eigenvalue weighted by atomic mass is 10.1. The molecule has 0 bridgehead atoms. The number of hydrogen-bond acceptors (Lipinski definition) is 7. The Morgan fingerprint density at radius 3 is 2.66 bits per heavy atom. The minimum absolute atomic E-state index is 0.132. The summed E-state index contributed by atoms with van der Waals surface area (Å²) in [7, 11) is 1.51. The van der Waals surface area contributed by atoms with Crippen LogP contribution in [0.25, 0.3) is 6.08 Å². The van der Waals surface area contributed by atoms with Crippen LogP contribution in [0.2, 0.25) is 10.0 Å². The minimum Gasteiger partial charge on any atom is -0.493 e. The minimum atomic E-state index is -0.531. The van der Waals surface area contributed by atoms with Gasteiger partial charge in [0.25, 0.3) is 11.1 Å². The molecule has 0 saturated carbocycles. The van der Waals surface area contributed by atoms with Crippen LogP contribution in [0, 0.1) is 0 Å². The third kappa shape index (κ3) is 5.92. The van der Waals surface area contributed by atoms with Gasteiger partial charge in [-0.05, 0) is 36.0 Å². The number of methoxy groups -OCH3 is 1. The monoisotopic (exact) mass is 536 g/mol. The first-order chi connectivity index (χ1) is 16.9. The molecule has 0 unspecified atom stereocenters. The summed E-state index contributed by atoms with van der Waals surface area (Å²) < 4.78 is 16.7. The molecule has 4 rings (SSSR count). The highest BCUT2D eigenvalue weighted by molar-refractivity contribution is 8.18. The zero-order valence-corrected chi connectivity index (χ0v) is 21.1. The van der Waals surface area contributed by atoms with Crippen LogP contribution in [0.3, 0.4) is 0 Å². The van der Waals surface area contributed by atoms with Crippen molar-refractivity contribution in [2.24, 2.45) is 0 Å². The number of nitrogens with zero attached hydrogens (tertiary/aromatic N) is 2. The number of imide groups is 1. The van der Waals surface area contributed by atoms with E-state index in [-0.39, 0.29) is 24.0 Å². The second-order valence-corrected chi connectivity index (χ2v) is 9.50. The second-order valence-electron chi connectivity index (χ2n) is 7.66. The molecule has 2 aromatic carbocycles. The van der Waals surface area contributed by atoms with Gasteiger partial charge in [0.05, 0.1) is 25.2 Å². The van der Waals surface area contributed by atoms with Crippen molar-refractivity contribution in [2.75, 3.05) is 40.0 Å². The highest BCUT2D eigenvalue weighted by atomic mass is 35.5. The fraction of sp³-hybridized carbons (Fsp3) is 0.292. The molecule has 0 spiro atoms. The van der Waals surface area contributed by atoms with Crippen molar-refractivity contribution < 1.29 is 28.6 Å². The van der Waals surface area contributed by atoms with E-state index in [0.717, 1.165) is 22.2 Å². The van der Waals surface area contributed by atoms with Crippen molar-refractivity contribution in [2.45, 2.75) is 6.61 Å².